The summed E-state index contributed by atoms with van der Waals surface area (Å²) in [5.74, 6) is -0.359. The molecule has 3 atom stereocenters. The number of hydrogen-bond acceptors (Lipinski definition) is 5. The summed E-state index contributed by atoms with van der Waals surface area (Å²) in [6.07, 6.45) is 5.29. The third kappa shape index (κ3) is 5.75. The summed E-state index contributed by atoms with van der Waals surface area (Å²) in [4.78, 5) is 14.5. The number of nitro groups is 1. The van der Waals surface area contributed by atoms with Gasteiger partial charge >= 0.3 is 0 Å². The van der Waals surface area contributed by atoms with Gasteiger partial charge in [0.05, 0.1) is 17.2 Å². The molecule has 31 heavy (non-hydrogen) atoms. The fourth-order valence-electron chi connectivity index (χ4n) is 3.75. The van der Waals surface area contributed by atoms with Crippen LogP contribution in [0.5, 0.6) is 0 Å². The molecule has 0 amide bonds. The summed E-state index contributed by atoms with van der Waals surface area (Å²) in [6, 6.07) is 8.53. The third-order valence-corrected chi connectivity index (χ3v) is 11.0. The summed E-state index contributed by atoms with van der Waals surface area (Å²) >= 11 is 0. The minimum atomic E-state index is -2.10. The van der Waals surface area contributed by atoms with Crippen molar-refractivity contribution < 1.29 is 13.7 Å². The van der Waals surface area contributed by atoms with E-state index in [1.165, 1.54) is 12.3 Å². The van der Waals surface area contributed by atoms with Crippen LogP contribution in [-0.2, 0) is 10.8 Å². The second-order valence-electron chi connectivity index (χ2n) is 9.91. The zero-order valence-corrected chi connectivity index (χ0v) is 19.9. The van der Waals surface area contributed by atoms with E-state index in [4.69, 9.17) is 4.43 Å². The molecule has 0 aliphatic carbocycles. The van der Waals surface area contributed by atoms with E-state index in [9.17, 15) is 14.5 Å². The lowest BCUT2D eigenvalue weighted by Crippen LogP contribution is -2.46. The predicted molar refractivity (Wildman–Crippen MR) is 122 cm³/mol. The Kier molecular flexibility index (Phi) is 6.93. The van der Waals surface area contributed by atoms with E-state index in [0.717, 1.165) is 30.4 Å². The van der Waals surface area contributed by atoms with Crippen molar-refractivity contribution in [1.29, 1.82) is 0 Å². The van der Waals surface area contributed by atoms with E-state index in [0.29, 0.717) is 0 Å². The first-order valence-electron chi connectivity index (χ1n) is 10.7. The SMILES string of the molecule is CC(C)(C)[Si](C)(C)O[C@H](c1cncc(F)c1)[C@H]1CC[C@@H](Cc2ccc([N+](=O)[O-])cc2)N1. The van der Waals surface area contributed by atoms with Crippen molar-refractivity contribution >= 4 is 14.0 Å². The molecule has 1 aliphatic rings. The number of non-ortho nitro benzene ring substituents is 1. The largest absolute Gasteiger partial charge is 0.408 e. The van der Waals surface area contributed by atoms with Crippen LogP contribution in [-0.4, -0.2) is 30.3 Å². The van der Waals surface area contributed by atoms with Gasteiger partial charge in [-0.1, -0.05) is 32.9 Å². The molecule has 0 saturated carbocycles. The molecule has 2 heterocycles. The van der Waals surface area contributed by atoms with Gasteiger partial charge in [0.15, 0.2) is 8.32 Å². The molecule has 1 aromatic heterocycles. The Hall–Kier alpha value is -2.16. The third-order valence-electron chi connectivity index (χ3n) is 6.55. The molecule has 0 spiro atoms. The Bertz CT molecular complexity index is 915. The van der Waals surface area contributed by atoms with Crippen LogP contribution in [0.3, 0.4) is 0 Å². The van der Waals surface area contributed by atoms with E-state index in [1.54, 1.807) is 18.3 Å². The molecule has 1 saturated heterocycles. The highest BCUT2D eigenvalue weighted by Crippen LogP contribution is 2.42. The zero-order valence-electron chi connectivity index (χ0n) is 18.9. The normalized spacial score (nSPS) is 20.6. The molecule has 2 aromatic rings. The summed E-state index contributed by atoms with van der Waals surface area (Å²) in [7, 11) is -2.10. The van der Waals surface area contributed by atoms with Crippen LogP contribution in [0, 0.1) is 15.9 Å². The number of nitro benzene ring substituents is 1. The van der Waals surface area contributed by atoms with E-state index in [2.05, 4.69) is 44.2 Å². The quantitative estimate of drug-likeness (QED) is 0.343. The summed E-state index contributed by atoms with van der Waals surface area (Å²) in [5, 5.41) is 14.6. The van der Waals surface area contributed by atoms with Crippen LogP contribution >= 0.6 is 0 Å². The van der Waals surface area contributed by atoms with Gasteiger partial charge in [-0.2, -0.15) is 0 Å². The molecule has 8 heteroatoms. The molecule has 6 nitrogen and oxygen atoms in total. The maximum Gasteiger partial charge on any atom is 0.269 e. The van der Waals surface area contributed by atoms with Crippen molar-refractivity contribution in [2.75, 3.05) is 0 Å². The standard InChI is InChI=1S/C23H32FN3O3Si/c1-23(2,3)31(4,5)30-22(17-13-18(24)15-25-14-17)21-11-8-19(26-21)12-16-6-9-20(10-7-16)27(28)29/h6-7,9-10,13-15,19,21-22,26H,8,11-12H2,1-5H3/t19-,21+,22+/m0/s1. The van der Waals surface area contributed by atoms with Gasteiger partial charge in [0.25, 0.3) is 5.69 Å². The van der Waals surface area contributed by atoms with E-state index in [-0.39, 0.29) is 39.7 Å². The second-order valence-corrected chi connectivity index (χ2v) is 14.7. The number of aromatic nitrogens is 1. The van der Waals surface area contributed by atoms with E-state index < -0.39 is 8.32 Å². The Balaban J connectivity index is 1.76. The monoisotopic (exact) mass is 445 g/mol. The lowest BCUT2D eigenvalue weighted by atomic mass is 10.0. The molecule has 0 radical (unpaired) electrons. The number of halogens is 1. The topological polar surface area (TPSA) is 77.3 Å². The van der Waals surface area contributed by atoms with Gasteiger partial charge < -0.3 is 9.74 Å². The molecular formula is C23H32FN3O3Si. The predicted octanol–water partition coefficient (Wildman–Crippen LogP) is 5.56. The molecule has 0 bridgehead atoms. The molecule has 3 rings (SSSR count). The number of pyridine rings is 1. The molecule has 168 valence electrons. The van der Waals surface area contributed by atoms with Gasteiger partial charge in [-0.15, -0.1) is 0 Å². The van der Waals surface area contributed by atoms with Gasteiger partial charge in [-0.25, -0.2) is 4.39 Å². The molecule has 1 aliphatic heterocycles. The highest BCUT2D eigenvalue weighted by molar-refractivity contribution is 6.74. The maximum atomic E-state index is 14.0. The van der Waals surface area contributed by atoms with Crippen LogP contribution in [0.2, 0.25) is 18.1 Å². The molecule has 1 N–H and O–H groups in total. The van der Waals surface area contributed by atoms with Crippen molar-refractivity contribution in [3.05, 3.63) is 69.8 Å². The summed E-state index contributed by atoms with van der Waals surface area (Å²) in [5.41, 5.74) is 1.92. The Morgan fingerprint density at radius 2 is 1.94 bits per heavy atom. The van der Waals surface area contributed by atoms with Crippen LogP contribution in [0.15, 0.2) is 42.7 Å². The van der Waals surface area contributed by atoms with Gasteiger partial charge in [-0.3, -0.25) is 15.1 Å². The fourth-order valence-corrected chi connectivity index (χ4v) is 5.04. The van der Waals surface area contributed by atoms with Crippen LogP contribution in [0.1, 0.15) is 50.8 Å². The van der Waals surface area contributed by atoms with Crippen molar-refractivity contribution in [2.24, 2.45) is 0 Å². The number of rotatable bonds is 7. The van der Waals surface area contributed by atoms with E-state index in [1.807, 2.05) is 12.1 Å². The molecule has 1 fully saturated rings. The highest BCUT2D eigenvalue weighted by atomic mass is 28.4. The molecular weight excluding hydrogens is 413 g/mol. The van der Waals surface area contributed by atoms with Gasteiger partial charge in [-0.05, 0) is 49.0 Å². The minimum Gasteiger partial charge on any atom is -0.408 e. The maximum absolute atomic E-state index is 14.0. The van der Waals surface area contributed by atoms with Crippen molar-refractivity contribution in [1.82, 2.24) is 10.3 Å². The van der Waals surface area contributed by atoms with Crippen LogP contribution < -0.4 is 5.32 Å². The average molecular weight is 446 g/mol. The molecule has 0 unspecified atom stereocenters. The highest BCUT2D eigenvalue weighted by Gasteiger charge is 2.42. The Labute approximate surface area is 184 Å². The Morgan fingerprint density at radius 3 is 2.52 bits per heavy atom. The smallest absolute Gasteiger partial charge is 0.269 e. The molecule has 1 aromatic carbocycles. The van der Waals surface area contributed by atoms with E-state index >= 15 is 0 Å². The van der Waals surface area contributed by atoms with Gasteiger partial charge in [0.1, 0.15) is 5.82 Å². The second kappa shape index (κ2) is 9.14. The summed E-state index contributed by atoms with van der Waals surface area (Å²) in [6.45, 7) is 11.0. The first kappa shape index (κ1) is 23.5. The number of nitrogens with zero attached hydrogens (tertiary/aromatic N) is 2. The van der Waals surface area contributed by atoms with Gasteiger partial charge in [0.2, 0.25) is 0 Å². The zero-order chi connectivity index (χ0) is 22.8. The summed E-state index contributed by atoms with van der Waals surface area (Å²) < 4.78 is 20.7. The first-order chi connectivity index (χ1) is 14.5. The number of hydrogen-bond donors (Lipinski definition) is 1. The van der Waals surface area contributed by atoms with Gasteiger partial charge in [0, 0.05) is 36.0 Å². The van der Waals surface area contributed by atoms with Crippen LogP contribution in [0.4, 0.5) is 10.1 Å². The number of benzene rings is 1. The van der Waals surface area contributed by atoms with Crippen molar-refractivity contribution in [3.8, 4) is 0 Å². The average Bonchev–Trinajstić information content (AvgIpc) is 3.14. The van der Waals surface area contributed by atoms with Crippen molar-refractivity contribution in [3.63, 3.8) is 0 Å². The first-order valence-corrected chi connectivity index (χ1v) is 13.6. The lowest BCUT2D eigenvalue weighted by molar-refractivity contribution is -0.384. The lowest BCUT2D eigenvalue weighted by Gasteiger charge is -2.41. The number of nitrogens with one attached hydrogen (secondary N) is 1. The Morgan fingerprint density at radius 1 is 1.26 bits per heavy atom. The fraction of sp³-hybridized carbons (Fsp3) is 0.522. The minimum absolute atomic E-state index is 0.0305. The van der Waals surface area contributed by atoms with Crippen LogP contribution in [0.25, 0.3) is 0 Å². The van der Waals surface area contributed by atoms with Crippen molar-refractivity contribution in [2.45, 2.75) is 76.4 Å².